The van der Waals surface area contributed by atoms with E-state index in [9.17, 15) is 14.7 Å². The van der Waals surface area contributed by atoms with E-state index in [-0.39, 0.29) is 17.9 Å². The van der Waals surface area contributed by atoms with E-state index >= 15 is 0 Å². The zero-order valence-electron chi connectivity index (χ0n) is 22.6. The summed E-state index contributed by atoms with van der Waals surface area (Å²) in [4.78, 5) is 32.3. The lowest BCUT2D eigenvalue weighted by Crippen LogP contribution is -2.29. The number of amides is 1. The average Bonchev–Trinajstić information content (AvgIpc) is 3.21. The smallest absolute Gasteiger partial charge is 0.295 e. The number of aliphatic hydroxyl groups excluding tert-OH is 1. The first-order chi connectivity index (χ1) is 19.0. The van der Waals surface area contributed by atoms with Crippen molar-refractivity contribution in [1.29, 1.82) is 0 Å². The van der Waals surface area contributed by atoms with Crippen molar-refractivity contribution in [3.63, 3.8) is 0 Å². The lowest BCUT2D eigenvalue weighted by atomic mass is 9.94. The maximum atomic E-state index is 13.4. The van der Waals surface area contributed by atoms with Crippen LogP contribution in [-0.2, 0) is 16.1 Å². The fraction of sp³-hybridized carbons (Fsp3) is 0.323. The van der Waals surface area contributed by atoms with Crippen LogP contribution >= 0.6 is 0 Å². The number of aromatic nitrogens is 1. The Morgan fingerprint density at radius 3 is 2.23 bits per heavy atom. The molecule has 0 saturated carbocycles. The molecular weight excluding hydrogens is 496 g/mol. The monoisotopic (exact) mass is 530 g/mol. The number of nitrogens with zero attached hydrogens (tertiary/aromatic N) is 2. The molecule has 1 aliphatic heterocycles. The topological polar surface area (TPSA) is 98.2 Å². The van der Waals surface area contributed by atoms with Crippen LogP contribution in [0.4, 0.5) is 0 Å². The summed E-state index contributed by atoms with van der Waals surface area (Å²) in [6, 6.07) is 14.9. The van der Waals surface area contributed by atoms with Gasteiger partial charge in [-0.2, -0.15) is 0 Å². The number of ether oxygens (including phenoxy) is 3. The first kappa shape index (κ1) is 27.7. The number of pyridine rings is 1. The van der Waals surface area contributed by atoms with Crippen molar-refractivity contribution in [2.75, 3.05) is 19.8 Å². The first-order valence-electron chi connectivity index (χ1n) is 13.3. The number of rotatable bonds is 12. The van der Waals surface area contributed by atoms with Crippen LogP contribution in [0, 0.1) is 0 Å². The molecule has 1 aliphatic rings. The van der Waals surface area contributed by atoms with Crippen LogP contribution in [0.25, 0.3) is 5.76 Å². The Bertz CT molecular complexity index is 1320. The molecule has 2 aromatic carbocycles. The number of hydrogen-bond acceptors (Lipinski definition) is 7. The predicted molar refractivity (Wildman–Crippen MR) is 148 cm³/mol. The second kappa shape index (κ2) is 13.0. The highest BCUT2D eigenvalue weighted by Crippen LogP contribution is 2.43. The average molecular weight is 531 g/mol. The molecule has 0 aliphatic carbocycles. The van der Waals surface area contributed by atoms with Crippen LogP contribution < -0.4 is 14.2 Å². The van der Waals surface area contributed by atoms with Crippen molar-refractivity contribution < 1.29 is 28.9 Å². The maximum absolute atomic E-state index is 13.4. The van der Waals surface area contributed by atoms with Crippen LogP contribution in [0.2, 0.25) is 0 Å². The summed E-state index contributed by atoms with van der Waals surface area (Å²) < 4.78 is 17.3. The molecule has 204 valence electrons. The van der Waals surface area contributed by atoms with E-state index in [1.54, 1.807) is 67.0 Å². The van der Waals surface area contributed by atoms with Gasteiger partial charge in [-0.3, -0.25) is 14.6 Å². The minimum Gasteiger partial charge on any atom is -0.507 e. The zero-order valence-corrected chi connectivity index (χ0v) is 22.6. The molecule has 4 rings (SSSR count). The van der Waals surface area contributed by atoms with Gasteiger partial charge < -0.3 is 24.2 Å². The van der Waals surface area contributed by atoms with Crippen molar-refractivity contribution in [3.8, 4) is 17.2 Å². The molecule has 0 bridgehead atoms. The highest BCUT2D eigenvalue weighted by molar-refractivity contribution is 6.46. The summed E-state index contributed by atoms with van der Waals surface area (Å²) >= 11 is 0. The van der Waals surface area contributed by atoms with Crippen molar-refractivity contribution >= 4 is 17.4 Å². The van der Waals surface area contributed by atoms with Crippen LogP contribution in [0.1, 0.15) is 56.3 Å². The van der Waals surface area contributed by atoms with Crippen molar-refractivity contribution in [3.05, 3.63) is 89.3 Å². The summed E-state index contributed by atoms with van der Waals surface area (Å²) in [6.07, 6.45) is 4.97. The van der Waals surface area contributed by atoms with E-state index < -0.39 is 17.7 Å². The number of carbonyl (C=O) groups excluding carboxylic acids is 2. The molecule has 39 heavy (non-hydrogen) atoms. The maximum Gasteiger partial charge on any atom is 0.295 e. The number of hydrogen-bond donors (Lipinski definition) is 1. The van der Waals surface area contributed by atoms with Crippen molar-refractivity contribution in [2.45, 2.75) is 46.2 Å². The number of aliphatic hydroxyl groups is 1. The SMILES string of the molecule is CCCOc1ccc(/C(O)=C2\C(=O)C(=O)N(Cc3ccncc3)C2c2ccc(OCCC)c(OCC)c2)cc1. The number of ketones is 1. The summed E-state index contributed by atoms with van der Waals surface area (Å²) in [5, 5.41) is 11.4. The fourth-order valence-electron chi connectivity index (χ4n) is 4.45. The molecule has 1 saturated heterocycles. The molecular formula is C31H34N2O6. The Hall–Kier alpha value is -4.33. The zero-order chi connectivity index (χ0) is 27.8. The van der Waals surface area contributed by atoms with Gasteiger partial charge in [-0.25, -0.2) is 0 Å². The van der Waals surface area contributed by atoms with Gasteiger partial charge in [0.05, 0.1) is 31.4 Å². The third-order valence-corrected chi connectivity index (χ3v) is 6.29. The van der Waals surface area contributed by atoms with Crippen LogP contribution in [0.3, 0.4) is 0 Å². The summed E-state index contributed by atoms with van der Waals surface area (Å²) in [6.45, 7) is 7.59. The molecule has 1 unspecified atom stereocenters. The van der Waals surface area contributed by atoms with Gasteiger partial charge in [0.25, 0.3) is 11.7 Å². The highest BCUT2D eigenvalue weighted by atomic mass is 16.5. The fourth-order valence-corrected chi connectivity index (χ4v) is 4.45. The van der Waals surface area contributed by atoms with Crippen molar-refractivity contribution in [2.24, 2.45) is 0 Å². The normalized spacial score (nSPS) is 16.4. The summed E-state index contributed by atoms with van der Waals surface area (Å²) in [5.41, 5.74) is 1.86. The van der Waals surface area contributed by atoms with Gasteiger partial charge in [-0.15, -0.1) is 0 Å². The number of benzene rings is 2. The predicted octanol–water partition coefficient (Wildman–Crippen LogP) is 5.68. The molecule has 3 aromatic rings. The number of likely N-dealkylation sites (tertiary alicyclic amines) is 1. The number of carbonyl (C=O) groups is 2. The van der Waals surface area contributed by atoms with E-state index in [4.69, 9.17) is 14.2 Å². The Morgan fingerprint density at radius 2 is 1.56 bits per heavy atom. The van der Waals surface area contributed by atoms with Gasteiger partial charge in [0, 0.05) is 24.5 Å². The van der Waals surface area contributed by atoms with Gasteiger partial charge in [0.15, 0.2) is 11.5 Å². The van der Waals surface area contributed by atoms with Crippen molar-refractivity contribution in [1.82, 2.24) is 9.88 Å². The van der Waals surface area contributed by atoms with E-state index in [2.05, 4.69) is 4.98 Å². The van der Waals surface area contributed by atoms with Gasteiger partial charge in [0.2, 0.25) is 0 Å². The molecule has 1 amide bonds. The van der Waals surface area contributed by atoms with Gasteiger partial charge in [0.1, 0.15) is 11.5 Å². The summed E-state index contributed by atoms with van der Waals surface area (Å²) in [5.74, 6) is 0.0632. The van der Waals surface area contributed by atoms with E-state index in [0.717, 1.165) is 18.4 Å². The van der Waals surface area contributed by atoms with E-state index in [0.29, 0.717) is 48.2 Å². The van der Waals surface area contributed by atoms with Crippen LogP contribution in [0.5, 0.6) is 17.2 Å². The van der Waals surface area contributed by atoms with Gasteiger partial charge >= 0.3 is 0 Å². The lowest BCUT2D eigenvalue weighted by molar-refractivity contribution is -0.140. The molecule has 1 fully saturated rings. The number of Topliss-reactive ketones (excluding diaryl/α,β-unsaturated/α-hetero) is 1. The molecule has 1 aromatic heterocycles. The van der Waals surface area contributed by atoms with E-state index in [1.165, 1.54) is 4.90 Å². The minimum atomic E-state index is -0.839. The first-order valence-corrected chi connectivity index (χ1v) is 13.3. The Morgan fingerprint density at radius 1 is 0.872 bits per heavy atom. The third kappa shape index (κ3) is 6.22. The molecule has 0 radical (unpaired) electrons. The highest BCUT2D eigenvalue weighted by Gasteiger charge is 2.46. The van der Waals surface area contributed by atoms with E-state index in [1.807, 2.05) is 20.8 Å². The Kier molecular flexibility index (Phi) is 9.20. The standard InChI is InChI=1S/C31H34N2O6/c1-4-17-38-24-10-7-22(8-11-24)29(34)27-28(23-9-12-25(39-18-5-2)26(19-23)37-6-3)33(31(36)30(27)35)20-21-13-15-32-16-14-21/h7-16,19,28,34H,4-6,17-18,20H2,1-3H3/b29-27+. The van der Waals surface area contributed by atoms with Gasteiger partial charge in [-0.05, 0) is 79.4 Å². The second-order valence-corrected chi connectivity index (χ2v) is 9.14. The third-order valence-electron chi connectivity index (χ3n) is 6.29. The van der Waals surface area contributed by atoms with Gasteiger partial charge in [-0.1, -0.05) is 19.9 Å². The largest absolute Gasteiger partial charge is 0.507 e. The Balaban J connectivity index is 1.81. The molecule has 1 N–H and O–H groups in total. The minimum absolute atomic E-state index is 0.0148. The molecule has 1 atom stereocenters. The molecule has 8 heteroatoms. The molecule has 2 heterocycles. The molecule has 0 spiro atoms. The second-order valence-electron chi connectivity index (χ2n) is 9.14. The lowest BCUT2D eigenvalue weighted by Gasteiger charge is -2.26. The quantitative estimate of drug-likeness (QED) is 0.183. The molecule has 8 nitrogen and oxygen atoms in total. The Labute approximate surface area is 228 Å². The van der Waals surface area contributed by atoms with Crippen LogP contribution in [-0.4, -0.2) is 46.5 Å². The summed E-state index contributed by atoms with van der Waals surface area (Å²) in [7, 11) is 0. The van der Waals surface area contributed by atoms with Crippen LogP contribution in [0.15, 0.2) is 72.6 Å².